The van der Waals surface area contributed by atoms with E-state index in [-0.39, 0.29) is 11.3 Å². The smallest absolute Gasteiger partial charge is 0.256 e. The summed E-state index contributed by atoms with van der Waals surface area (Å²) in [5.41, 5.74) is 8.03. The molecule has 0 radical (unpaired) electrons. The number of rotatable bonds is 5. The predicted octanol–water partition coefficient (Wildman–Crippen LogP) is 4.64. The van der Waals surface area contributed by atoms with Crippen LogP contribution in [0.4, 0.5) is 5.00 Å². The first-order chi connectivity index (χ1) is 12.3. The lowest BCUT2D eigenvalue weighted by atomic mass is 9.69. The Labute approximate surface area is 158 Å². The molecule has 1 aromatic carbocycles. The summed E-state index contributed by atoms with van der Waals surface area (Å²) in [5.74, 6) is -0.0896. The molecule has 0 saturated heterocycles. The number of carbonyl (C=O) groups excluding carboxylic acids is 2. The minimum Gasteiger partial charge on any atom is -0.365 e. The van der Waals surface area contributed by atoms with Crippen molar-refractivity contribution in [3.8, 4) is 0 Å². The molecular formula is C21H26N2O2S. The number of benzene rings is 1. The summed E-state index contributed by atoms with van der Waals surface area (Å²) in [4.78, 5) is 25.8. The fourth-order valence-corrected chi connectivity index (χ4v) is 4.98. The topological polar surface area (TPSA) is 72.2 Å². The third kappa shape index (κ3) is 3.54. The number of amides is 2. The van der Waals surface area contributed by atoms with E-state index in [1.165, 1.54) is 16.2 Å². The summed E-state index contributed by atoms with van der Waals surface area (Å²) in [6, 6.07) is 9.02. The van der Waals surface area contributed by atoms with Gasteiger partial charge in [0.15, 0.2) is 0 Å². The van der Waals surface area contributed by atoms with E-state index in [2.05, 4.69) is 26.1 Å². The standard InChI is InChI=1S/C21H26N2O2S/c1-4-21(2,3)14-10-11-15-16(12-14)26-20(17(15)18(22)24)23-19(25)13-8-6-5-7-9-13/h5-9,14H,4,10-12H2,1-3H3,(H2,22,24)(H,23,25). The molecule has 138 valence electrons. The van der Waals surface area contributed by atoms with Crippen LogP contribution < -0.4 is 11.1 Å². The number of fused-ring (bicyclic) bond motifs is 1. The van der Waals surface area contributed by atoms with Gasteiger partial charge in [0.25, 0.3) is 11.8 Å². The predicted molar refractivity (Wildman–Crippen MR) is 107 cm³/mol. The van der Waals surface area contributed by atoms with Crippen molar-refractivity contribution >= 4 is 28.2 Å². The molecule has 0 fully saturated rings. The van der Waals surface area contributed by atoms with E-state index in [0.717, 1.165) is 31.2 Å². The first kappa shape index (κ1) is 18.6. The summed E-state index contributed by atoms with van der Waals surface area (Å²) in [6.45, 7) is 6.84. The number of anilines is 1. The molecule has 5 heteroatoms. The highest BCUT2D eigenvalue weighted by molar-refractivity contribution is 7.17. The summed E-state index contributed by atoms with van der Waals surface area (Å²) in [5, 5.41) is 3.50. The third-order valence-electron chi connectivity index (χ3n) is 5.79. The molecule has 1 unspecified atom stereocenters. The Balaban J connectivity index is 1.91. The van der Waals surface area contributed by atoms with Crippen molar-refractivity contribution in [3.05, 3.63) is 51.9 Å². The van der Waals surface area contributed by atoms with E-state index < -0.39 is 5.91 Å². The van der Waals surface area contributed by atoms with Crippen LogP contribution in [0, 0.1) is 11.3 Å². The Morgan fingerprint density at radius 1 is 1.27 bits per heavy atom. The molecule has 1 aliphatic carbocycles. The van der Waals surface area contributed by atoms with Crippen LogP contribution in [0.5, 0.6) is 0 Å². The Kier molecular flexibility index (Phi) is 5.19. The van der Waals surface area contributed by atoms with Crippen molar-refractivity contribution in [2.24, 2.45) is 17.1 Å². The third-order valence-corrected chi connectivity index (χ3v) is 6.96. The maximum atomic E-state index is 12.5. The van der Waals surface area contributed by atoms with Gasteiger partial charge in [-0.05, 0) is 48.3 Å². The molecule has 1 aliphatic rings. The first-order valence-corrected chi connectivity index (χ1v) is 9.96. The minimum absolute atomic E-state index is 0.211. The van der Waals surface area contributed by atoms with Crippen LogP contribution in [-0.4, -0.2) is 11.8 Å². The van der Waals surface area contributed by atoms with Gasteiger partial charge in [-0.15, -0.1) is 11.3 Å². The number of primary amides is 1. The summed E-state index contributed by atoms with van der Waals surface area (Å²) in [6.07, 6.45) is 3.97. The molecule has 3 N–H and O–H groups in total. The van der Waals surface area contributed by atoms with Gasteiger partial charge in [-0.3, -0.25) is 9.59 Å². The van der Waals surface area contributed by atoms with Crippen LogP contribution in [0.3, 0.4) is 0 Å². The highest BCUT2D eigenvalue weighted by atomic mass is 32.1. The molecule has 26 heavy (non-hydrogen) atoms. The lowest BCUT2D eigenvalue weighted by Gasteiger charge is -2.36. The van der Waals surface area contributed by atoms with E-state index in [9.17, 15) is 9.59 Å². The van der Waals surface area contributed by atoms with Gasteiger partial charge in [-0.2, -0.15) is 0 Å². The van der Waals surface area contributed by atoms with Crippen LogP contribution in [0.15, 0.2) is 30.3 Å². The second-order valence-corrected chi connectivity index (χ2v) is 8.78. The zero-order chi connectivity index (χ0) is 18.9. The molecule has 0 aliphatic heterocycles. The van der Waals surface area contributed by atoms with Crippen molar-refractivity contribution in [1.29, 1.82) is 0 Å². The Bertz CT molecular complexity index is 824. The molecule has 2 aromatic rings. The summed E-state index contributed by atoms with van der Waals surface area (Å²) in [7, 11) is 0. The van der Waals surface area contributed by atoms with Gasteiger partial charge in [0.05, 0.1) is 5.56 Å². The number of nitrogens with one attached hydrogen (secondary N) is 1. The van der Waals surface area contributed by atoms with E-state index in [1.54, 1.807) is 12.1 Å². The molecular weight excluding hydrogens is 344 g/mol. The van der Waals surface area contributed by atoms with Crippen LogP contribution >= 0.6 is 11.3 Å². The van der Waals surface area contributed by atoms with Gasteiger partial charge in [0.2, 0.25) is 0 Å². The highest BCUT2D eigenvalue weighted by Crippen LogP contribution is 2.45. The van der Waals surface area contributed by atoms with Gasteiger partial charge in [0.1, 0.15) is 5.00 Å². The van der Waals surface area contributed by atoms with E-state index in [1.807, 2.05) is 18.2 Å². The minimum atomic E-state index is -0.459. The van der Waals surface area contributed by atoms with Crippen LogP contribution in [0.2, 0.25) is 0 Å². The van der Waals surface area contributed by atoms with Crippen molar-refractivity contribution in [2.75, 3.05) is 5.32 Å². The van der Waals surface area contributed by atoms with Gasteiger partial charge < -0.3 is 11.1 Å². The summed E-state index contributed by atoms with van der Waals surface area (Å²) >= 11 is 1.51. The van der Waals surface area contributed by atoms with Gasteiger partial charge in [-0.25, -0.2) is 0 Å². The highest BCUT2D eigenvalue weighted by Gasteiger charge is 2.35. The average Bonchev–Trinajstić information content (AvgIpc) is 2.99. The molecule has 3 rings (SSSR count). The number of hydrogen-bond donors (Lipinski definition) is 2. The van der Waals surface area contributed by atoms with E-state index in [0.29, 0.717) is 22.0 Å². The molecule has 2 amide bonds. The maximum Gasteiger partial charge on any atom is 0.256 e. The molecule has 4 nitrogen and oxygen atoms in total. The lowest BCUT2D eigenvalue weighted by Crippen LogP contribution is -2.29. The molecule has 0 saturated carbocycles. The van der Waals surface area contributed by atoms with Crippen LogP contribution in [0.1, 0.15) is 64.8 Å². The Hall–Kier alpha value is -2.14. The number of nitrogens with two attached hydrogens (primary N) is 1. The van der Waals surface area contributed by atoms with Crippen molar-refractivity contribution in [3.63, 3.8) is 0 Å². The fraction of sp³-hybridized carbons (Fsp3) is 0.429. The molecule has 0 bridgehead atoms. The normalized spacial score (nSPS) is 16.8. The zero-order valence-corrected chi connectivity index (χ0v) is 16.4. The van der Waals surface area contributed by atoms with Crippen LogP contribution in [-0.2, 0) is 12.8 Å². The van der Waals surface area contributed by atoms with E-state index in [4.69, 9.17) is 5.73 Å². The number of hydrogen-bond acceptors (Lipinski definition) is 3. The number of thiophene rings is 1. The number of carbonyl (C=O) groups is 2. The quantitative estimate of drug-likeness (QED) is 0.805. The largest absolute Gasteiger partial charge is 0.365 e. The molecule has 0 spiro atoms. The summed E-state index contributed by atoms with van der Waals surface area (Å²) < 4.78 is 0. The average molecular weight is 371 g/mol. The molecule has 1 heterocycles. The zero-order valence-electron chi connectivity index (χ0n) is 15.6. The second-order valence-electron chi connectivity index (χ2n) is 7.67. The van der Waals surface area contributed by atoms with Crippen molar-refractivity contribution in [1.82, 2.24) is 0 Å². The molecule has 1 aromatic heterocycles. The van der Waals surface area contributed by atoms with E-state index >= 15 is 0 Å². The van der Waals surface area contributed by atoms with Crippen molar-refractivity contribution < 1.29 is 9.59 Å². The first-order valence-electron chi connectivity index (χ1n) is 9.14. The Morgan fingerprint density at radius 3 is 2.58 bits per heavy atom. The van der Waals surface area contributed by atoms with Gasteiger partial charge in [0, 0.05) is 10.4 Å². The SMILES string of the molecule is CCC(C)(C)C1CCc2c(sc(NC(=O)c3ccccc3)c2C(N)=O)C1. The second kappa shape index (κ2) is 7.23. The fourth-order valence-electron chi connectivity index (χ4n) is 3.66. The van der Waals surface area contributed by atoms with Crippen LogP contribution in [0.25, 0.3) is 0 Å². The monoisotopic (exact) mass is 370 g/mol. The molecule has 1 atom stereocenters. The van der Waals surface area contributed by atoms with Gasteiger partial charge >= 0.3 is 0 Å². The van der Waals surface area contributed by atoms with Gasteiger partial charge in [-0.1, -0.05) is 45.4 Å². The van der Waals surface area contributed by atoms with Crippen molar-refractivity contribution in [2.45, 2.75) is 46.5 Å². The Morgan fingerprint density at radius 2 is 1.96 bits per heavy atom. The maximum absolute atomic E-state index is 12.5. The lowest BCUT2D eigenvalue weighted by molar-refractivity contribution is 0.0999.